The molecular weight excluding hydrogens is 322 g/mol. The first-order chi connectivity index (χ1) is 12.0. The predicted octanol–water partition coefficient (Wildman–Crippen LogP) is 0.576. The number of aliphatic imine (C=N–C) groups is 1. The first-order valence-electron chi connectivity index (χ1n) is 8.85. The van der Waals surface area contributed by atoms with Crippen molar-refractivity contribution >= 4 is 17.8 Å². The molecule has 134 valence electrons. The molecule has 1 spiro atoms. The number of hydrogen-bond acceptors (Lipinski definition) is 6. The maximum atomic E-state index is 12.8. The van der Waals surface area contributed by atoms with Gasteiger partial charge in [-0.25, -0.2) is 4.99 Å². The van der Waals surface area contributed by atoms with Crippen molar-refractivity contribution in [3.63, 3.8) is 0 Å². The zero-order chi connectivity index (χ0) is 17.6. The van der Waals surface area contributed by atoms with Crippen LogP contribution in [0.5, 0.6) is 0 Å². The Morgan fingerprint density at radius 3 is 2.64 bits per heavy atom. The Morgan fingerprint density at radius 1 is 1.24 bits per heavy atom. The number of hydrogen-bond donors (Lipinski definition) is 1. The van der Waals surface area contributed by atoms with E-state index >= 15 is 0 Å². The molecule has 0 radical (unpaired) electrons. The van der Waals surface area contributed by atoms with E-state index in [2.05, 4.69) is 15.5 Å². The van der Waals surface area contributed by atoms with Gasteiger partial charge in [-0.2, -0.15) is 0 Å². The highest BCUT2D eigenvalue weighted by Crippen LogP contribution is 2.32. The van der Waals surface area contributed by atoms with Gasteiger partial charge in [-0.3, -0.25) is 14.9 Å². The van der Waals surface area contributed by atoms with E-state index in [9.17, 15) is 9.59 Å². The third kappa shape index (κ3) is 2.60. The summed E-state index contributed by atoms with van der Waals surface area (Å²) < 4.78 is 5.36. The maximum Gasteiger partial charge on any atom is 0.276 e. The van der Waals surface area contributed by atoms with Crippen LogP contribution < -0.4 is 5.32 Å². The summed E-state index contributed by atoms with van der Waals surface area (Å²) in [4.78, 5) is 33.4. The molecule has 25 heavy (non-hydrogen) atoms. The lowest BCUT2D eigenvalue weighted by molar-refractivity contribution is -0.125. The highest BCUT2D eigenvalue weighted by molar-refractivity contribution is 6.07. The van der Waals surface area contributed by atoms with Crippen molar-refractivity contribution in [1.29, 1.82) is 0 Å². The number of carbonyl (C=O) groups excluding carboxylic acids is 2. The number of rotatable bonds is 1. The SMILES string of the molecule is CN(C)C1=NC2(CCN(C(=O)c3noc4c3CCCC4)CC2)C(=O)N1. The van der Waals surface area contributed by atoms with E-state index in [1.807, 2.05) is 14.1 Å². The fourth-order valence-electron chi connectivity index (χ4n) is 3.83. The summed E-state index contributed by atoms with van der Waals surface area (Å²) in [6.07, 6.45) is 4.94. The summed E-state index contributed by atoms with van der Waals surface area (Å²) >= 11 is 0. The molecule has 1 saturated heterocycles. The Labute approximate surface area is 146 Å². The number of nitrogens with zero attached hydrogens (tertiary/aromatic N) is 4. The van der Waals surface area contributed by atoms with Crippen LogP contribution in [-0.4, -0.2) is 65.5 Å². The van der Waals surface area contributed by atoms with Gasteiger partial charge in [0.05, 0.1) is 0 Å². The molecule has 1 fully saturated rings. The molecule has 1 aromatic rings. The minimum Gasteiger partial charge on any atom is -0.360 e. The topological polar surface area (TPSA) is 91.0 Å². The monoisotopic (exact) mass is 345 g/mol. The number of likely N-dealkylation sites (tertiary alicyclic amines) is 1. The number of amides is 2. The Balaban J connectivity index is 1.48. The highest BCUT2D eigenvalue weighted by atomic mass is 16.5. The zero-order valence-electron chi connectivity index (χ0n) is 14.7. The molecule has 0 saturated carbocycles. The van der Waals surface area contributed by atoms with Crippen LogP contribution in [0, 0.1) is 0 Å². The van der Waals surface area contributed by atoms with Gasteiger partial charge in [0.2, 0.25) is 5.96 Å². The second kappa shape index (κ2) is 5.86. The first kappa shape index (κ1) is 16.1. The first-order valence-corrected chi connectivity index (χ1v) is 8.85. The fraction of sp³-hybridized carbons (Fsp3) is 0.647. The van der Waals surface area contributed by atoms with Gasteiger partial charge >= 0.3 is 0 Å². The van der Waals surface area contributed by atoms with Crippen LogP contribution >= 0.6 is 0 Å². The molecule has 0 aromatic carbocycles. The quantitative estimate of drug-likeness (QED) is 0.804. The molecule has 8 heteroatoms. The van der Waals surface area contributed by atoms with Crippen LogP contribution in [0.1, 0.15) is 47.5 Å². The molecule has 3 aliphatic rings. The van der Waals surface area contributed by atoms with E-state index in [0.717, 1.165) is 37.0 Å². The zero-order valence-corrected chi connectivity index (χ0v) is 14.7. The lowest BCUT2D eigenvalue weighted by Crippen LogP contribution is -2.50. The Hall–Kier alpha value is -2.38. The van der Waals surface area contributed by atoms with Crippen LogP contribution in [0.25, 0.3) is 0 Å². The Kier molecular flexibility index (Phi) is 3.77. The summed E-state index contributed by atoms with van der Waals surface area (Å²) in [7, 11) is 3.70. The molecule has 0 bridgehead atoms. The fourth-order valence-corrected chi connectivity index (χ4v) is 3.83. The molecule has 1 aromatic heterocycles. The average Bonchev–Trinajstić information content (AvgIpc) is 3.17. The molecule has 2 aliphatic heterocycles. The van der Waals surface area contributed by atoms with Gasteiger partial charge < -0.3 is 14.3 Å². The van der Waals surface area contributed by atoms with E-state index < -0.39 is 5.54 Å². The van der Waals surface area contributed by atoms with E-state index in [4.69, 9.17) is 4.52 Å². The second-order valence-electron chi connectivity index (χ2n) is 7.25. The summed E-state index contributed by atoms with van der Waals surface area (Å²) in [6, 6.07) is 0. The van der Waals surface area contributed by atoms with Crippen LogP contribution in [0.15, 0.2) is 9.52 Å². The lowest BCUT2D eigenvalue weighted by Gasteiger charge is -2.35. The lowest BCUT2D eigenvalue weighted by atomic mass is 9.87. The number of fused-ring (bicyclic) bond motifs is 1. The molecule has 3 heterocycles. The summed E-state index contributed by atoms with van der Waals surface area (Å²) in [5.41, 5.74) is 0.696. The normalized spacial score (nSPS) is 21.8. The third-order valence-electron chi connectivity index (χ3n) is 5.42. The molecule has 4 rings (SSSR count). The summed E-state index contributed by atoms with van der Waals surface area (Å²) in [5.74, 6) is 1.30. The van der Waals surface area contributed by atoms with Crippen LogP contribution in [0.3, 0.4) is 0 Å². The van der Waals surface area contributed by atoms with Crippen molar-refractivity contribution < 1.29 is 14.1 Å². The van der Waals surface area contributed by atoms with Crippen molar-refractivity contribution in [2.24, 2.45) is 4.99 Å². The van der Waals surface area contributed by atoms with Gasteiger partial charge in [0, 0.05) is 39.2 Å². The average molecular weight is 345 g/mol. The van der Waals surface area contributed by atoms with Crippen molar-refractivity contribution in [2.75, 3.05) is 27.2 Å². The maximum absolute atomic E-state index is 12.8. The number of nitrogens with one attached hydrogen (secondary N) is 1. The number of piperidine rings is 1. The van der Waals surface area contributed by atoms with Crippen LogP contribution in [0.4, 0.5) is 0 Å². The highest BCUT2D eigenvalue weighted by Gasteiger charge is 2.47. The van der Waals surface area contributed by atoms with Crippen LogP contribution in [0.2, 0.25) is 0 Å². The van der Waals surface area contributed by atoms with Crippen molar-refractivity contribution in [1.82, 2.24) is 20.3 Å². The molecular formula is C17H23N5O3. The molecule has 2 amide bonds. The molecule has 8 nitrogen and oxygen atoms in total. The smallest absolute Gasteiger partial charge is 0.276 e. The minimum atomic E-state index is -0.736. The van der Waals surface area contributed by atoms with Crippen molar-refractivity contribution in [3.05, 3.63) is 17.0 Å². The van der Waals surface area contributed by atoms with Gasteiger partial charge in [0.15, 0.2) is 5.69 Å². The standard InChI is InChI=1S/C17H23N5O3/c1-21(2)16-18-15(24)17(19-16)7-9-22(10-8-17)14(23)13-11-5-3-4-6-12(11)25-20-13/h3-10H2,1-2H3,(H,18,19,24). The molecule has 0 atom stereocenters. The minimum absolute atomic E-state index is 0.0675. The number of guanidine groups is 1. The summed E-state index contributed by atoms with van der Waals surface area (Å²) in [5, 5.41) is 6.87. The van der Waals surface area contributed by atoms with E-state index in [-0.39, 0.29) is 11.8 Å². The number of aromatic nitrogens is 1. The van der Waals surface area contributed by atoms with Crippen molar-refractivity contribution in [3.8, 4) is 0 Å². The third-order valence-corrected chi connectivity index (χ3v) is 5.42. The summed E-state index contributed by atoms with van der Waals surface area (Å²) in [6.45, 7) is 0.996. The van der Waals surface area contributed by atoms with Gasteiger partial charge in [-0.05, 0) is 32.1 Å². The predicted molar refractivity (Wildman–Crippen MR) is 90.3 cm³/mol. The van der Waals surface area contributed by atoms with Gasteiger partial charge in [-0.15, -0.1) is 0 Å². The van der Waals surface area contributed by atoms with Crippen molar-refractivity contribution in [2.45, 2.75) is 44.1 Å². The number of carbonyl (C=O) groups is 2. The second-order valence-corrected chi connectivity index (χ2v) is 7.25. The Morgan fingerprint density at radius 2 is 1.96 bits per heavy atom. The Bertz CT molecular complexity index is 743. The molecule has 1 aliphatic carbocycles. The van der Waals surface area contributed by atoms with E-state index in [0.29, 0.717) is 37.6 Å². The van der Waals surface area contributed by atoms with E-state index in [1.165, 1.54) is 0 Å². The largest absolute Gasteiger partial charge is 0.360 e. The molecule has 1 N–H and O–H groups in total. The van der Waals surface area contributed by atoms with Gasteiger partial charge in [0.1, 0.15) is 11.3 Å². The van der Waals surface area contributed by atoms with Gasteiger partial charge in [-0.1, -0.05) is 5.16 Å². The molecule has 0 unspecified atom stereocenters. The van der Waals surface area contributed by atoms with Crippen LogP contribution in [-0.2, 0) is 17.6 Å². The van der Waals surface area contributed by atoms with Gasteiger partial charge in [0.25, 0.3) is 11.8 Å². The number of aryl methyl sites for hydroxylation is 1. The van der Waals surface area contributed by atoms with E-state index in [1.54, 1.807) is 9.80 Å².